The van der Waals surface area contributed by atoms with Crippen LogP contribution in [0, 0.1) is 5.92 Å². The molecule has 3 heteroatoms. The minimum atomic E-state index is 0.637. The van der Waals surface area contributed by atoms with Gasteiger partial charge in [0.25, 0.3) is 0 Å². The number of hydrogen-bond donors (Lipinski definition) is 1. The molecule has 3 aliphatic rings. The van der Waals surface area contributed by atoms with Gasteiger partial charge in [-0.1, -0.05) is 19.3 Å². The molecule has 4 rings (SSSR count). The largest absolute Gasteiger partial charge is 0.330 e. The highest BCUT2D eigenvalue weighted by molar-refractivity contribution is 5.29. The van der Waals surface area contributed by atoms with Crippen LogP contribution in [0.1, 0.15) is 86.9 Å². The van der Waals surface area contributed by atoms with Crippen LogP contribution in [0.3, 0.4) is 0 Å². The Hall–Kier alpha value is -0.830. The predicted octanol–water partition coefficient (Wildman–Crippen LogP) is 3.72. The summed E-state index contributed by atoms with van der Waals surface area (Å²) in [5.41, 5.74) is 8.83. The highest BCUT2D eigenvalue weighted by Gasteiger charge is 2.35. The lowest BCUT2D eigenvalue weighted by atomic mass is 9.80. The monoisotopic (exact) mass is 273 g/mol. The van der Waals surface area contributed by atoms with Crippen molar-refractivity contribution in [3.05, 3.63) is 17.5 Å². The first-order chi connectivity index (χ1) is 9.85. The van der Waals surface area contributed by atoms with Crippen LogP contribution in [0.15, 0.2) is 6.20 Å². The minimum Gasteiger partial charge on any atom is -0.330 e. The summed E-state index contributed by atoms with van der Waals surface area (Å²) in [4.78, 5) is 0. The van der Waals surface area contributed by atoms with E-state index in [1.54, 1.807) is 5.56 Å². The maximum Gasteiger partial charge on any atom is 0.0690 e. The summed E-state index contributed by atoms with van der Waals surface area (Å²) >= 11 is 0. The molecule has 0 bridgehead atoms. The molecule has 0 amide bonds. The van der Waals surface area contributed by atoms with Crippen LogP contribution in [-0.2, 0) is 0 Å². The van der Waals surface area contributed by atoms with Crippen molar-refractivity contribution in [2.24, 2.45) is 11.7 Å². The topological polar surface area (TPSA) is 43.8 Å². The zero-order valence-corrected chi connectivity index (χ0v) is 12.4. The van der Waals surface area contributed by atoms with E-state index < -0.39 is 0 Å². The second-order valence-corrected chi connectivity index (χ2v) is 7.29. The molecule has 1 aromatic heterocycles. The van der Waals surface area contributed by atoms with Gasteiger partial charge >= 0.3 is 0 Å². The zero-order chi connectivity index (χ0) is 13.5. The standard InChI is InChI=1S/C17H27N3/c18-10-12-8-15(9-12)20-11-16(13-4-2-1-3-5-13)17(19-20)14-6-7-14/h11-15H,1-10,18H2. The summed E-state index contributed by atoms with van der Waals surface area (Å²) < 4.78 is 2.31. The Labute approximate surface area is 121 Å². The fraction of sp³-hybridized carbons (Fsp3) is 0.824. The Balaban J connectivity index is 1.55. The summed E-state index contributed by atoms with van der Waals surface area (Å²) in [5.74, 6) is 2.34. The molecule has 3 saturated carbocycles. The van der Waals surface area contributed by atoms with Crippen LogP contribution >= 0.6 is 0 Å². The van der Waals surface area contributed by atoms with Crippen molar-refractivity contribution in [3.63, 3.8) is 0 Å². The fourth-order valence-corrected chi connectivity index (χ4v) is 4.12. The lowest BCUT2D eigenvalue weighted by Crippen LogP contribution is -2.32. The van der Waals surface area contributed by atoms with Crippen LogP contribution in [0.25, 0.3) is 0 Å². The van der Waals surface area contributed by atoms with E-state index >= 15 is 0 Å². The molecule has 3 fully saturated rings. The first-order valence-corrected chi connectivity index (χ1v) is 8.64. The van der Waals surface area contributed by atoms with Gasteiger partial charge in [-0.2, -0.15) is 5.10 Å². The zero-order valence-electron chi connectivity index (χ0n) is 12.4. The molecular weight excluding hydrogens is 246 g/mol. The maximum absolute atomic E-state index is 5.75. The fourth-order valence-electron chi connectivity index (χ4n) is 4.12. The van der Waals surface area contributed by atoms with Gasteiger partial charge in [0.1, 0.15) is 0 Å². The molecule has 3 nitrogen and oxygen atoms in total. The van der Waals surface area contributed by atoms with Gasteiger partial charge in [-0.05, 0) is 62.5 Å². The van der Waals surface area contributed by atoms with Crippen LogP contribution in [0.4, 0.5) is 0 Å². The summed E-state index contributed by atoms with van der Waals surface area (Å²) in [6.45, 7) is 0.850. The quantitative estimate of drug-likeness (QED) is 0.908. The van der Waals surface area contributed by atoms with Crippen molar-refractivity contribution >= 4 is 0 Å². The smallest absolute Gasteiger partial charge is 0.0690 e. The lowest BCUT2D eigenvalue weighted by molar-refractivity contribution is 0.189. The number of rotatable bonds is 4. The summed E-state index contributed by atoms with van der Waals surface area (Å²) in [7, 11) is 0. The molecule has 2 N–H and O–H groups in total. The average molecular weight is 273 g/mol. The average Bonchev–Trinajstić information content (AvgIpc) is 3.19. The lowest BCUT2D eigenvalue weighted by Gasteiger charge is -2.34. The van der Waals surface area contributed by atoms with Crippen molar-refractivity contribution in [2.75, 3.05) is 6.54 Å². The molecule has 0 aliphatic heterocycles. The highest BCUT2D eigenvalue weighted by atomic mass is 15.3. The minimum absolute atomic E-state index is 0.637. The van der Waals surface area contributed by atoms with Gasteiger partial charge in [0.2, 0.25) is 0 Å². The third kappa shape index (κ3) is 2.30. The van der Waals surface area contributed by atoms with Crippen LogP contribution in [0.2, 0.25) is 0 Å². The van der Waals surface area contributed by atoms with E-state index in [1.807, 2.05) is 0 Å². The van der Waals surface area contributed by atoms with E-state index in [-0.39, 0.29) is 0 Å². The third-order valence-corrected chi connectivity index (χ3v) is 5.72. The second kappa shape index (κ2) is 5.18. The summed E-state index contributed by atoms with van der Waals surface area (Å²) in [6.07, 6.45) is 14.7. The molecule has 1 aromatic rings. The van der Waals surface area contributed by atoms with Crippen molar-refractivity contribution in [1.29, 1.82) is 0 Å². The molecule has 0 unspecified atom stereocenters. The van der Waals surface area contributed by atoms with Crippen molar-refractivity contribution in [1.82, 2.24) is 9.78 Å². The van der Waals surface area contributed by atoms with Gasteiger partial charge in [-0.3, -0.25) is 4.68 Å². The second-order valence-electron chi connectivity index (χ2n) is 7.29. The maximum atomic E-state index is 5.75. The van der Waals surface area contributed by atoms with Gasteiger partial charge in [-0.25, -0.2) is 0 Å². The number of nitrogens with zero attached hydrogens (tertiary/aromatic N) is 2. The van der Waals surface area contributed by atoms with Crippen molar-refractivity contribution < 1.29 is 0 Å². The van der Waals surface area contributed by atoms with E-state index in [1.165, 1.54) is 63.5 Å². The van der Waals surface area contributed by atoms with Gasteiger partial charge < -0.3 is 5.73 Å². The Morgan fingerprint density at radius 1 is 1.05 bits per heavy atom. The van der Waals surface area contributed by atoms with Gasteiger partial charge in [0.05, 0.1) is 11.7 Å². The predicted molar refractivity (Wildman–Crippen MR) is 80.8 cm³/mol. The van der Waals surface area contributed by atoms with Gasteiger partial charge in [0.15, 0.2) is 0 Å². The molecule has 0 aromatic carbocycles. The number of nitrogens with two attached hydrogens (primary N) is 1. The SMILES string of the molecule is NCC1CC(n2cc(C3CCCCC3)c(C3CC3)n2)C1. The highest BCUT2D eigenvalue weighted by Crippen LogP contribution is 2.46. The van der Waals surface area contributed by atoms with Gasteiger partial charge in [-0.15, -0.1) is 0 Å². The Bertz CT molecular complexity index is 463. The summed E-state index contributed by atoms with van der Waals surface area (Å²) in [6, 6.07) is 0.637. The first-order valence-electron chi connectivity index (χ1n) is 8.64. The molecule has 20 heavy (non-hydrogen) atoms. The molecule has 1 heterocycles. The Morgan fingerprint density at radius 3 is 2.45 bits per heavy atom. The molecule has 0 saturated heterocycles. The number of aromatic nitrogens is 2. The van der Waals surface area contributed by atoms with Crippen molar-refractivity contribution in [2.45, 2.75) is 75.7 Å². The molecule has 0 spiro atoms. The molecule has 3 aliphatic carbocycles. The van der Waals surface area contributed by atoms with Crippen LogP contribution < -0.4 is 5.73 Å². The molecule has 110 valence electrons. The van der Waals surface area contributed by atoms with E-state index in [4.69, 9.17) is 10.8 Å². The molecule has 0 atom stereocenters. The Morgan fingerprint density at radius 2 is 1.80 bits per heavy atom. The van der Waals surface area contributed by atoms with Crippen molar-refractivity contribution in [3.8, 4) is 0 Å². The first kappa shape index (κ1) is 12.9. The molecular formula is C17H27N3. The van der Waals surface area contributed by atoms with Crippen LogP contribution in [0.5, 0.6) is 0 Å². The normalized spacial score (nSPS) is 31.2. The van der Waals surface area contributed by atoms with E-state index in [0.717, 1.165) is 24.3 Å². The van der Waals surface area contributed by atoms with E-state index in [9.17, 15) is 0 Å². The van der Waals surface area contributed by atoms with E-state index in [2.05, 4.69) is 10.9 Å². The summed E-state index contributed by atoms with van der Waals surface area (Å²) in [5, 5.41) is 5.01. The van der Waals surface area contributed by atoms with Gasteiger partial charge in [0, 0.05) is 12.1 Å². The van der Waals surface area contributed by atoms with E-state index in [0.29, 0.717) is 6.04 Å². The number of hydrogen-bond acceptors (Lipinski definition) is 2. The Kier molecular flexibility index (Phi) is 3.33. The van der Waals surface area contributed by atoms with Crippen LogP contribution in [-0.4, -0.2) is 16.3 Å². The third-order valence-electron chi connectivity index (χ3n) is 5.72. The molecule has 0 radical (unpaired) electrons.